The van der Waals surface area contributed by atoms with E-state index in [4.69, 9.17) is 11.6 Å². The molecule has 5 nitrogen and oxygen atoms in total. The van der Waals surface area contributed by atoms with Gasteiger partial charge in [-0.1, -0.05) is 56.5 Å². The number of halogens is 1. The van der Waals surface area contributed by atoms with Crippen molar-refractivity contribution in [2.24, 2.45) is 0 Å². The molecular formula is C18H22ClN5. The van der Waals surface area contributed by atoms with Crippen LogP contribution in [0.4, 0.5) is 5.82 Å². The van der Waals surface area contributed by atoms with Gasteiger partial charge in [0.15, 0.2) is 17.0 Å². The lowest BCUT2D eigenvalue weighted by Crippen LogP contribution is -2.06. The number of imidazole rings is 1. The quantitative estimate of drug-likeness (QED) is 0.482. The van der Waals surface area contributed by atoms with Gasteiger partial charge in [-0.3, -0.25) is 0 Å². The molecule has 0 unspecified atom stereocenters. The van der Waals surface area contributed by atoms with Crippen molar-refractivity contribution in [1.82, 2.24) is 19.5 Å². The van der Waals surface area contributed by atoms with Gasteiger partial charge >= 0.3 is 0 Å². The van der Waals surface area contributed by atoms with Gasteiger partial charge in [0, 0.05) is 6.54 Å². The van der Waals surface area contributed by atoms with E-state index in [-0.39, 0.29) is 5.28 Å². The predicted octanol–water partition coefficient (Wildman–Crippen LogP) is 4.52. The Labute approximate surface area is 147 Å². The van der Waals surface area contributed by atoms with Crippen LogP contribution in [0.3, 0.4) is 0 Å². The minimum atomic E-state index is 0.244. The molecule has 0 aliphatic rings. The Kier molecular flexibility index (Phi) is 5.64. The summed E-state index contributed by atoms with van der Waals surface area (Å²) in [6.07, 6.45) is 6.61. The van der Waals surface area contributed by atoms with Crippen LogP contribution in [0, 0.1) is 0 Å². The Balaban J connectivity index is 1.79. The van der Waals surface area contributed by atoms with Crippen molar-refractivity contribution in [2.75, 3.05) is 11.9 Å². The van der Waals surface area contributed by atoms with Gasteiger partial charge in [0.05, 0.1) is 12.9 Å². The fourth-order valence-corrected chi connectivity index (χ4v) is 2.86. The first-order valence-electron chi connectivity index (χ1n) is 8.44. The van der Waals surface area contributed by atoms with Crippen molar-refractivity contribution in [2.45, 2.75) is 39.2 Å². The van der Waals surface area contributed by atoms with E-state index in [1.165, 1.54) is 24.8 Å². The number of hydrogen-bond acceptors (Lipinski definition) is 4. The first-order chi connectivity index (χ1) is 11.8. The second kappa shape index (κ2) is 8.11. The third kappa shape index (κ3) is 4.03. The zero-order chi connectivity index (χ0) is 16.8. The predicted molar refractivity (Wildman–Crippen MR) is 98.5 cm³/mol. The van der Waals surface area contributed by atoms with E-state index in [2.05, 4.69) is 39.3 Å². The molecular weight excluding hydrogens is 322 g/mol. The molecule has 0 bridgehead atoms. The molecule has 2 aromatic heterocycles. The van der Waals surface area contributed by atoms with Crippen LogP contribution in [-0.2, 0) is 6.54 Å². The Morgan fingerprint density at radius 3 is 2.71 bits per heavy atom. The molecule has 0 amide bonds. The molecule has 6 heteroatoms. The van der Waals surface area contributed by atoms with Gasteiger partial charge in [0.2, 0.25) is 5.28 Å². The summed E-state index contributed by atoms with van der Waals surface area (Å²) in [4.78, 5) is 13.2. The molecule has 1 aromatic carbocycles. The first kappa shape index (κ1) is 16.7. The Morgan fingerprint density at radius 2 is 1.92 bits per heavy atom. The third-order valence-corrected chi connectivity index (χ3v) is 4.12. The van der Waals surface area contributed by atoms with Crippen LogP contribution in [-0.4, -0.2) is 26.1 Å². The zero-order valence-corrected chi connectivity index (χ0v) is 14.6. The molecule has 1 N–H and O–H groups in total. The summed E-state index contributed by atoms with van der Waals surface area (Å²) in [5.74, 6) is 0.716. The van der Waals surface area contributed by atoms with Crippen molar-refractivity contribution in [3.8, 4) is 0 Å². The van der Waals surface area contributed by atoms with Crippen LogP contribution in [0.5, 0.6) is 0 Å². The Hall–Kier alpha value is -2.14. The van der Waals surface area contributed by atoms with Crippen molar-refractivity contribution in [3.63, 3.8) is 0 Å². The van der Waals surface area contributed by atoms with Crippen molar-refractivity contribution >= 4 is 28.6 Å². The number of aromatic nitrogens is 4. The lowest BCUT2D eigenvalue weighted by molar-refractivity contribution is 0.684. The molecule has 2 heterocycles. The molecule has 0 aliphatic carbocycles. The van der Waals surface area contributed by atoms with Crippen LogP contribution in [0.25, 0.3) is 11.2 Å². The van der Waals surface area contributed by atoms with E-state index < -0.39 is 0 Å². The molecule has 0 saturated heterocycles. The van der Waals surface area contributed by atoms with Gasteiger partial charge < -0.3 is 9.88 Å². The van der Waals surface area contributed by atoms with Crippen molar-refractivity contribution < 1.29 is 0 Å². The van der Waals surface area contributed by atoms with E-state index in [0.717, 1.165) is 24.1 Å². The van der Waals surface area contributed by atoms with E-state index >= 15 is 0 Å². The Morgan fingerprint density at radius 1 is 1.08 bits per heavy atom. The maximum Gasteiger partial charge on any atom is 0.226 e. The smallest absolute Gasteiger partial charge is 0.226 e. The standard InChI is InChI=1S/C18H22ClN5/c1-2-3-4-8-11-20-16-15-17(23-18(19)22-16)24(13-21-15)12-14-9-6-5-7-10-14/h5-7,9-10,13H,2-4,8,11-12H2,1H3,(H,20,22,23). The summed E-state index contributed by atoms with van der Waals surface area (Å²) >= 11 is 6.11. The topological polar surface area (TPSA) is 55.6 Å². The number of nitrogens with zero attached hydrogens (tertiary/aromatic N) is 4. The molecule has 0 atom stereocenters. The number of hydrogen-bond donors (Lipinski definition) is 1. The van der Waals surface area contributed by atoms with E-state index in [1.54, 1.807) is 6.33 Å². The summed E-state index contributed by atoms with van der Waals surface area (Å²) < 4.78 is 2.00. The SMILES string of the molecule is CCCCCCNc1nc(Cl)nc2c1ncn2Cc1ccccc1. The number of benzene rings is 1. The number of rotatable bonds is 8. The number of anilines is 1. The first-order valence-corrected chi connectivity index (χ1v) is 8.82. The molecule has 0 fully saturated rings. The molecule has 126 valence electrons. The number of unbranched alkanes of at least 4 members (excludes halogenated alkanes) is 3. The maximum atomic E-state index is 6.11. The molecule has 24 heavy (non-hydrogen) atoms. The van der Waals surface area contributed by atoms with Gasteiger partial charge in [-0.05, 0) is 23.6 Å². The normalized spacial score (nSPS) is 11.1. The second-order valence-electron chi connectivity index (χ2n) is 5.86. The highest BCUT2D eigenvalue weighted by Crippen LogP contribution is 2.21. The molecule has 0 spiro atoms. The van der Waals surface area contributed by atoms with Crippen LogP contribution in [0.2, 0.25) is 5.28 Å². The molecule has 3 aromatic rings. The van der Waals surface area contributed by atoms with Crippen molar-refractivity contribution in [3.05, 3.63) is 47.5 Å². The van der Waals surface area contributed by atoms with Gasteiger partial charge in [-0.2, -0.15) is 9.97 Å². The van der Waals surface area contributed by atoms with Crippen molar-refractivity contribution in [1.29, 1.82) is 0 Å². The largest absolute Gasteiger partial charge is 0.368 e. The highest BCUT2D eigenvalue weighted by Gasteiger charge is 2.12. The highest BCUT2D eigenvalue weighted by molar-refractivity contribution is 6.28. The molecule has 3 rings (SSSR count). The second-order valence-corrected chi connectivity index (χ2v) is 6.20. The number of nitrogens with one attached hydrogen (secondary N) is 1. The van der Waals surface area contributed by atoms with E-state index in [0.29, 0.717) is 12.4 Å². The minimum Gasteiger partial charge on any atom is -0.368 e. The summed E-state index contributed by atoms with van der Waals surface area (Å²) in [7, 11) is 0. The molecule has 0 radical (unpaired) electrons. The summed E-state index contributed by atoms with van der Waals surface area (Å²) in [5, 5.41) is 3.60. The molecule has 0 aliphatic heterocycles. The van der Waals surface area contributed by atoms with E-state index in [1.807, 2.05) is 22.8 Å². The minimum absolute atomic E-state index is 0.244. The lowest BCUT2D eigenvalue weighted by atomic mass is 10.2. The van der Waals surface area contributed by atoms with Crippen LogP contribution < -0.4 is 5.32 Å². The fourth-order valence-electron chi connectivity index (χ4n) is 2.70. The average molecular weight is 344 g/mol. The maximum absolute atomic E-state index is 6.11. The summed E-state index contributed by atoms with van der Waals surface area (Å²) in [6, 6.07) is 10.2. The number of fused-ring (bicyclic) bond motifs is 1. The van der Waals surface area contributed by atoms with E-state index in [9.17, 15) is 0 Å². The van der Waals surface area contributed by atoms with Gasteiger partial charge in [-0.15, -0.1) is 0 Å². The van der Waals surface area contributed by atoms with Gasteiger partial charge in [0.25, 0.3) is 0 Å². The molecule has 0 saturated carbocycles. The summed E-state index contributed by atoms with van der Waals surface area (Å²) in [5.41, 5.74) is 2.72. The average Bonchev–Trinajstić information content (AvgIpc) is 2.98. The fraction of sp³-hybridized carbons (Fsp3) is 0.389. The lowest BCUT2D eigenvalue weighted by Gasteiger charge is -2.08. The zero-order valence-electron chi connectivity index (χ0n) is 13.9. The van der Waals surface area contributed by atoms with Gasteiger partial charge in [0.1, 0.15) is 0 Å². The third-order valence-electron chi connectivity index (χ3n) is 3.96. The highest BCUT2D eigenvalue weighted by atomic mass is 35.5. The van der Waals surface area contributed by atoms with Crippen LogP contribution in [0.1, 0.15) is 38.2 Å². The van der Waals surface area contributed by atoms with Crippen LogP contribution in [0.15, 0.2) is 36.7 Å². The monoisotopic (exact) mass is 343 g/mol. The Bertz CT molecular complexity index is 785. The van der Waals surface area contributed by atoms with Crippen LogP contribution >= 0.6 is 11.6 Å². The summed E-state index contributed by atoms with van der Waals surface area (Å²) in [6.45, 7) is 3.79. The van der Waals surface area contributed by atoms with Gasteiger partial charge in [-0.25, -0.2) is 4.98 Å².